The van der Waals surface area contributed by atoms with E-state index in [1.807, 2.05) is 53.4 Å². The van der Waals surface area contributed by atoms with Crippen LogP contribution in [0.5, 0.6) is 5.75 Å². The van der Waals surface area contributed by atoms with Crippen molar-refractivity contribution in [2.45, 2.75) is 18.5 Å². The molecule has 2 aliphatic rings. The van der Waals surface area contributed by atoms with Gasteiger partial charge in [-0.3, -0.25) is 10.1 Å². The summed E-state index contributed by atoms with van der Waals surface area (Å²) in [7, 11) is 0. The van der Waals surface area contributed by atoms with E-state index in [4.69, 9.17) is 0 Å². The minimum atomic E-state index is -1.05. The average molecular weight is 406 g/mol. The average Bonchev–Trinajstić information content (AvgIpc) is 3.02. The van der Waals surface area contributed by atoms with Crippen molar-refractivity contribution in [1.29, 1.82) is 0 Å². The number of aromatic hydroxyl groups is 1. The lowest BCUT2D eigenvalue weighted by atomic mass is 9.77. The number of phenols is 1. The number of nitrogens with one attached hydrogen (secondary N) is 1. The molecule has 4 nitrogen and oxygen atoms in total. The summed E-state index contributed by atoms with van der Waals surface area (Å²) in [5, 5.41) is 16.6. The van der Waals surface area contributed by atoms with Crippen molar-refractivity contribution < 1.29 is 9.90 Å². The maximum atomic E-state index is 14.1. The Morgan fingerprint density at radius 3 is 2.61 bits per heavy atom. The summed E-state index contributed by atoms with van der Waals surface area (Å²) in [6.07, 6.45) is 0.783. The zero-order valence-corrected chi connectivity index (χ0v) is 17.0. The highest BCUT2D eigenvalue weighted by Gasteiger charge is 2.55. The van der Waals surface area contributed by atoms with Crippen molar-refractivity contribution >= 4 is 22.4 Å². The summed E-state index contributed by atoms with van der Waals surface area (Å²) in [5.41, 5.74) is 3.54. The monoisotopic (exact) mass is 406 g/mol. The number of benzene rings is 4. The Balaban J connectivity index is 1.50. The first-order chi connectivity index (χ1) is 15.2. The van der Waals surface area contributed by atoms with Crippen molar-refractivity contribution in [3.63, 3.8) is 0 Å². The maximum absolute atomic E-state index is 14.1. The van der Waals surface area contributed by atoms with Crippen LogP contribution in [0.3, 0.4) is 0 Å². The van der Waals surface area contributed by atoms with E-state index in [-0.39, 0.29) is 11.7 Å². The van der Waals surface area contributed by atoms with Crippen LogP contribution < -0.4 is 10.2 Å². The molecule has 2 heterocycles. The molecule has 4 aromatic carbocycles. The van der Waals surface area contributed by atoms with E-state index in [0.29, 0.717) is 18.7 Å². The zero-order valence-electron chi connectivity index (χ0n) is 17.0. The van der Waals surface area contributed by atoms with Gasteiger partial charge in [-0.1, -0.05) is 66.7 Å². The van der Waals surface area contributed by atoms with Gasteiger partial charge in [0.2, 0.25) is 0 Å². The molecule has 0 fully saturated rings. The molecule has 0 aromatic heterocycles. The SMILES string of the molecule is O=C1N(Cc2ccc3ccccc3c2)c2ccccc2C12NCCc1cccc(O)c12. The molecule has 1 spiro atoms. The van der Waals surface area contributed by atoms with Crippen LogP contribution in [0, 0.1) is 0 Å². The molecule has 4 heteroatoms. The molecule has 1 amide bonds. The van der Waals surface area contributed by atoms with E-state index in [9.17, 15) is 9.90 Å². The molecule has 31 heavy (non-hydrogen) atoms. The topological polar surface area (TPSA) is 52.6 Å². The van der Waals surface area contributed by atoms with Crippen molar-refractivity contribution in [2.75, 3.05) is 11.4 Å². The molecule has 4 aromatic rings. The zero-order chi connectivity index (χ0) is 21.0. The highest BCUT2D eigenvalue weighted by molar-refractivity contribution is 6.10. The van der Waals surface area contributed by atoms with Gasteiger partial charge in [0.05, 0.1) is 12.2 Å². The minimum Gasteiger partial charge on any atom is -0.508 e. The van der Waals surface area contributed by atoms with Gasteiger partial charge in [-0.15, -0.1) is 0 Å². The highest BCUT2D eigenvalue weighted by Crippen LogP contribution is 2.49. The van der Waals surface area contributed by atoms with E-state index in [1.54, 1.807) is 6.07 Å². The minimum absolute atomic E-state index is 0.0377. The predicted molar refractivity (Wildman–Crippen MR) is 122 cm³/mol. The number of para-hydroxylation sites is 1. The van der Waals surface area contributed by atoms with E-state index >= 15 is 0 Å². The predicted octanol–water partition coefficient (Wildman–Crippen LogP) is 4.48. The summed E-state index contributed by atoms with van der Waals surface area (Å²) in [4.78, 5) is 15.9. The highest BCUT2D eigenvalue weighted by atomic mass is 16.3. The smallest absolute Gasteiger partial charge is 0.257 e. The molecule has 2 N–H and O–H groups in total. The van der Waals surface area contributed by atoms with Crippen LogP contribution in [0.1, 0.15) is 22.3 Å². The largest absolute Gasteiger partial charge is 0.508 e. The second kappa shape index (κ2) is 6.69. The van der Waals surface area contributed by atoms with Crippen LogP contribution in [0.2, 0.25) is 0 Å². The third kappa shape index (κ3) is 2.55. The Kier molecular flexibility index (Phi) is 3.92. The van der Waals surface area contributed by atoms with Gasteiger partial charge in [0.1, 0.15) is 5.75 Å². The molecule has 0 aliphatic carbocycles. The first kappa shape index (κ1) is 18.2. The standard InChI is InChI=1S/C27H22N2O2/c30-24-11-5-8-20-14-15-28-27(25(20)24)22-9-3-4-10-23(22)29(26(27)31)17-18-12-13-19-6-1-2-7-21(19)16-18/h1-13,16,28,30H,14-15,17H2. The summed E-state index contributed by atoms with van der Waals surface area (Å²) in [6, 6.07) is 28.1. The van der Waals surface area contributed by atoms with E-state index in [1.165, 1.54) is 5.39 Å². The summed E-state index contributed by atoms with van der Waals surface area (Å²) in [6.45, 7) is 1.16. The molecule has 0 saturated carbocycles. The number of amides is 1. The normalized spacial score (nSPS) is 19.6. The Morgan fingerprint density at radius 1 is 0.903 bits per heavy atom. The number of fused-ring (bicyclic) bond motifs is 5. The molecule has 6 rings (SSSR count). The van der Waals surface area contributed by atoms with Crippen LogP contribution in [-0.2, 0) is 23.3 Å². The van der Waals surface area contributed by atoms with E-state index < -0.39 is 5.54 Å². The second-order valence-electron chi connectivity index (χ2n) is 8.33. The van der Waals surface area contributed by atoms with Gasteiger partial charge in [-0.05, 0) is 46.5 Å². The second-order valence-corrected chi connectivity index (χ2v) is 8.33. The lowest BCUT2D eigenvalue weighted by Gasteiger charge is -2.36. The molecule has 1 unspecified atom stereocenters. The van der Waals surface area contributed by atoms with Gasteiger partial charge in [-0.25, -0.2) is 0 Å². The molecule has 2 aliphatic heterocycles. The number of rotatable bonds is 2. The number of carbonyl (C=O) groups is 1. The van der Waals surface area contributed by atoms with Crippen LogP contribution in [0.15, 0.2) is 84.9 Å². The number of anilines is 1. The van der Waals surface area contributed by atoms with Gasteiger partial charge in [0.25, 0.3) is 5.91 Å². The Hall–Kier alpha value is -3.63. The molecule has 152 valence electrons. The van der Waals surface area contributed by atoms with Crippen LogP contribution in [-0.4, -0.2) is 17.6 Å². The van der Waals surface area contributed by atoms with Crippen molar-refractivity contribution in [1.82, 2.24) is 5.32 Å². The van der Waals surface area contributed by atoms with E-state index in [0.717, 1.165) is 34.2 Å². The van der Waals surface area contributed by atoms with Gasteiger partial charge >= 0.3 is 0 Å². The Labute approximate surface area is 180 Å². The van der Waals surface area contributed by atoms with Gasteiger partial charge < -0.3 is 10.0 Å². The van der Waals surface area contributed by atoms with E-state index in [2.05, 4.69) is 35.6 Å². The van der Waals surface area contributed by atoms with Crippen molar-refractivity contribution in [3.05, 3.63) is 107 Å². The molecule has 0 bridgehead atoms. The molecular formula is C27H22N2O2. The number of nitrogens with zero attached hydrogens (tertiary/aromatic N) is 1. The van der Waals surface area contributed by atoms with Crippen LogP contribution in [0.25, 0.3) is 10.8 Å². The third-order valence-electron chi connectivity index (χ3n) is 6.61. The lowest BCUT2D eigenvalue weighted by molar-refractivity contribution is -0.123. The first-order valence-corrected chi connectivity index (χ1v) is 10.6. The lowest BCUT2D eigenvalue weighted by Crippen LogP contribution is -2.54. The van der Waals surface area contributed by atoms with Crippen molar-refractivity contribution in [3.8, 4) is 5.75 Å². The number of hydrogen-bond donors (Lipinski definition) is 2. The molecule has 0 radical (unpaired) electrons. The van der Waals surface area contributed by atoms with Crippen molar-refractivity contribution in [2.24, 2.45) is 0 Å². The molecular weight excluding hydrogens is 384 g/mol. The fourth-order valence-electron chi connectivity index (χ4n) is 5.24. The number of carbonyl (C=O) groups excluding carboxylic acids is 1. The Morgan fingerprint density at radius 2 is 1.71 bits per heavy atom. The summed E-state index contributed by atoms with van der Waals surface area (Å²) in [5.74, 6) is 0.129. The van der Waals surface area contributed by atoms with Gasteiger partial charge in [0, 0.05) is 17.7 Å². The van der Waals surface area contributed by atoms with Crippen LogP contribution in [0.4, 0.5) is 5.69 Å². The number of phenolic OH excluding ortho intramolecular Hbond substituents is 1. The van der Waals surface area contributed by atoms with Gasteiger partial charge in [-0.2, -0.15) is 0 Å². The van der Waals surface area contributed by atoms with Crippen LogP contribution >= 0.6 is 0 Å². The first-order valence-electron chi connectivity index (χ1n) is 10.6. The molecule has 1 atom stereocenters. The summed E-state index contributed by atoms with van der Waals surface area (Å²) >= 11 is 0. The molecule has 0 saturated heterocycles. The fraction of sp³-hybridized carbons (Fsp3) is 0.148. The third-order valence-corrected chi connectivity index (χ3v) is 6.61. The maximum Gasteiger partial charge on any atom is 0.257 e. The Bertz CT molecular complexity index is 1350. The fourth-order valence-corrected chi connectivity index (χ4v) is 5.24. The number of hydrogen-bond acceptors (Lipinski definition) is 3. The summed E-state index contributed by atoms with van der Waals surface area (Å²) < 4.78 is 0. The quantitative estimate of drug-likeness (QED) is 0.516. The van der Waals surface area contributed by atoms with Gasteiger partial charge in [0.15, 0.2) is 5.54 Å².